The number of para-hydroxylation sites is 2. The minimum absolute atomic E-state index is 0.0190. The van der Waals surface area contributed by atoms with Crippen LogP contribution in [0.1, 0.15) is 16.2 Å². The minimum Gasteiger partial charge on any atom is -0.479 e. The molecule has 31 heavy (non-hydrogen) atoms. The quantitative estimate of drug-likeness (QED) is 0.390. The van der Waals surface area contributed by atoms with Crippen molar-refractivity contribution in [3.05, 3.63) is 53.9 Å². The van der Waals surface area contributed by atoms with E-state index in [1.54, 1.807) is 11.9 Å². The Morgan fingerprint density at radius 2 is 1.68 bits per heavy atom. The largest absolute Gasteiger partial charge is 0.479 e. The van der Waals surface area contributed by atoms with E-state index >= 15 is 0 Å². The predicted octanol–water partition coefficient (Wildman–Crippen LogP) is 1.80. The number of carbonyl (C=O) groups is 3. The smallest absolute Gasteiger partial charge is 0.341 e. The summed E-state index contributed by atoms with van der Waals surface area (Å²) in [5, 5.41) is 17.6. The Bertz CT molecular complexity index is 1080. The number of nitrogens with one attached hydrogen (secondary N) is 1. The van der Waals surface area contributed by atoms with Crippen LogP contribution in [0.25, 0.3) is 11.0 Å². The zero-order valence-electron chi connectivity index (χ0n) is 16.7. The molecule has 0 aliphatic heterocycles. The van der Waals surface area contributed by atoms with E-state index in [0.717, 1.165) is 16.9 Å². The monoisotopic (exact) mass is 427 g/mol. The van der Waals surface area contributed by atoms with Crippen molar-refractivity contribution in [3.8, 4) is 11.5 Å². The lowest BCUT2D eigenvalue weighted by atomic mass is 10.1. The lowest BCUT2D eigenvalue weighted by Gasteiger charge is -2.15. The number of imidazole rings is 1. The summed E-state index contributed by atoms with van der Waals surface area (Å²) < 4.78 is 10.3. The van der Waals surface area contributed by atoms with E-state index in [-0.39, 0.29) is 29.4 Å². The molecule has 0 atom stereocenters. The third-order valence-electron chi connectivity index (χ3n) is 4.24. The van der Waals surface area contributed by atoms with E-state index < -0.39 is 25.2 Å². The van der Waals surface area contributed by atoms with Crippen LogP contribution in [0.3, 0.4) is 0 Å². The van der Waals surface area contributed by atoms with Crippen LogP contribution in [0, 0.1) is 0 Å². The molecule has 0 spiro atoms. The Morgan fingerprint density at radius 3 is 2.35 bits per heavy atom. The molecule has 3 rings (SSSR count). The van der Waals surface area contributed by atoms with Crippen LogP contribution in [0.4, 0.5) is 0 Å². The predicted molar refractivity (Wildman–Crippen MR) is 109 cm³/mol. The summed E-state index contributed by atoms with van der Waals surface area (Å²) in [6.07, 6.45) is 0. The highest BCUT2D eigenvalue weighted by molar-refractivity contribution is 5.98. The van der Waals surface area contributed by atoms with E-state index in [4.69, 9.17) is 19.7 Å². The summed E-state index contributed by atoms with van der Waals surface area (Å²) in [5.74, 6) is -1.91. The van der Waals surface area contributed by atoms with Crippen LogP contribution in [0.15, 0.2) is 42.5 Å². The fraction of sp³-hybridized carbons (Fsp3) is 0.238. The number of hydrogen-bond acceptors (Lipinski definition) is 7. The van der Waals surface area contributed by atoms with Gasteiger partial charge in [-0.25, -0.2) is 14.6 Å². The van der Waals surface area contributed by atoms with Gasteiger partial charge in [-0.1, -0.05) is 12.1 Å². The van der Waals surface area contributed by atoms with Gasteiger partial charge >= 0.3 is 11.9 Å². The Kier molecular flexibility index (Phi) is 6.83. The van der Waals surface area contributed by atoms with Crippen LogP contribution in [0.2, 0.25) is 0 Å². The van der Waals surface area contributed by atoms with Crippen LogP contribution < -0.4 is 9.47 Å². The molecule has 10 heteroatoms. The number of ketones is 1. The second-order valence-electron chi connectivity index (χ2n) is 6.82. The Balaban J connectivity index is 1.69. The average molecular weight is 427 g/mol. The number of ether oxygens (including phenoxy) is 2. The number of rotatable bonds is 11. The minimum atomic E-state index is -1.22. The number of nitrogens with zero attached hydrogens (tertiary/aromatic N) is 2. The molecule has 0 fully saturated rings. The van der Waals surface area contributed by atoms with E-state index in [1.807, 2.05) is 24.3 Å². The van der Waals surface area contributed by atoms with Crippen LogP contribution in [0.5, 0.6) is 11.5 Å². The summed E-state index contributed by atoms with van der Waals surface area (Å²) in [6, 6.07) is 11.8. The Hall–Kier alpha value is -3.92. The Morgan fingerprint density at radius 1 is 1.00 bits per heavy atom. The van der Waals surface area contributed by atoms with Gasteiger partial charge in [0.05, 0.1) is 24.1 Å². The van der Waals surface area contributed by atoms with E-state index in [0.29, 0.717) is 6.54 Å². The number of aromatic nitrogens is 2. The van der Waals surface area contributed by atoms with Crippen molar-refractivity contribution in [2.75, 3.05) is 26.8 Å². The first-order valence-electron chi connectivity index (χ1n) is 9.30. The number of hydrogen-bond donors (Lipinski definition) is 3. The number of H-pyrrole nitrogens is 1. The molecular weight excluding hydrogens is 406 g/mol. The van der Waals surface area contributed by atoms with Crippen molar-refractivity contribution in [1.82, 2.24) is 14.9 Å². The highest BCUT2D eigenvalue weighted by Gasteiger charge is 2.16. The first kappa shape index (κ1) is 21.8. The fourth-order valence-electron chi connectivity index (χ4n) is 2.92. The molecule has 0 aliphatic rings. The highest BCUT2D eigenvalue weighted by Crippen LogP contribution is 2.29. The highest BCUT2D eigenvalue weighted by atomic mass is 16.5. The number of Topliss-reactive ketones (excluding diaryl/α,β-unsaturated/α-hetero) is 1. The number of carboxylic acid groups (broad SMARTS) is 2. The number of carbonyl (C=O) groups excluding carboxylic acids is 1. The van der Waals surface area contributed by atoms with Gasteiger partial charge in [-0.05, 0) is 37.4 Å². The van der Waals surface area contributed by atoms with Crippen molar-refractivity contribution in [1.29, 1.82) is 0 Å². The molecule has 162 valence electrons. The average Bonchev–Trinajstić information content (AvgIpc) is 3.12. The first-order valence-corrected chi connectivity index (χ1v) is 9.30. The number of aliphatic carboxylic acids is 2. The SMILES string of the molecule is CN(CC(=O)c1ccc(OCC(=O)O)c(OCC(=O)O)c1)Cc1nc2ccccc2[nH]1. The number of carboxylic acids is 2. The first-order chi connectivity index (χ1) is 14.8. The van der Waals surface area contributed by atoms with Crippen molar-refractivity contribution in [2.45, 2.75) is 6.54 Å². The lowest BCUT2D eigenvalue weighted by molar-refractivity contribution is -0.140. The second kappa shape index (κ2) is 9.72. The van der Waals surface area contributed by atoms with Gasteiger partial charge in [0.15, 0.2) is 30.5 Å². The summed E-state index contributed by atoms with van der Waals surface area (Å²) in [6.45, 7) is -0.794. The molecule has 0 amide bonds. The molecule has 0 saturated heterocycles. The summed E-state index contributed by atoms with van der Waals surface area (Å²) >= 11 is 0. The maximum absolute atomic E-state index is 12.7. The second-order valence-corrected chi connectivity index (χ2v) is 6.82. The van der Waals surface area contributed by atoms with Crippen molar-refractivity contribution in [3.63, 3.8) is 0 Å². The third-order valence-corrected chi connectivity index (χ3v) is 4.24. The molecule has 3 aromatic rings. The number of benzene rings is 2. The molecule has 3 N–H and O–H groups in total. The van der Waals surface area contributed by atoms with E-state index in [2.05, 4.69) is 9.97 Å². The number of fused-ring (bicyclic) bond motifs is 1. The molecule has 10 nitrogen and oxygen atoms in total. The van der Waals surface area contributed by atoms with Gasteiger partial charge in [0.1, 0.15) is 5.82 Å². The summed E-state index contributed by atoms with van der Waals surface area (Å²) in [4.78, 5) is 43.7. The third kappa shape index (κ3) is 6.03. The molecule has 1 heterocycles. The molecule has 2 aromatic carbocycles. The number of likely N-dealkylation sites (N-methyl/N-ethyl adjacent to an activating group) is 1. The normalized spacial score (nSPS) is 10.9. The molecule has 0 aliphatic carbocycles. The molecule has 0 saturated carbocycles. The van der Waals surface area contributed by atoms with Crippen molar-refractivity contribution in [2.24, 2.45) is 0 Å². The van der Waals surface area contributed by atoms with Gasteiger partial charge in [-0.3, -0.25) is 9.69 Å². The van der Waals surface area contributed by atoms with E-state index in [9.17, 15) is 14.4 Å². The maximum atomic E-state index is 12.7. The molecule has 1 aromatic heterocycles. The van der Waals surface area contributed by atoms with Gasteiger partial charge in [0.2, 0.25) is 0 Å². The summed E-state index contributed by atoms with van der Waals surface area (Å²) in [5.41, 5.74) is 2.03. The van der Waals surface area contributed by atoms with Gasteiger partial charge < -0.3 is 24.7 Å². The van der Waals surface area contributed by atoms with Crippen LogP contribution in [-0.4, -0.2) is 69.6 Å². The van der Waals surface area contributed by atoms with Gasteiger partial charge in [0, 0.05) is 5.56 Å². The summed E-state index contributed by atoms with van der Waals surface area (Å²) in [7, 11) is 1.78. The van der Waals surface area contributed by atoms with Gasteiger partial charge in [0.25, 0.3) is 0 Å². The zero-order valence-corrected chi connectivity index (χ0v) is 16.7. The van der Waals surface area contributed by atoms with Crippen LogP contribution >= 0.6 is 0 Å². The zero-order chi connectivity index (χ0) is 22.4. The molecule has 0 unspecified atom stereocenters. The molecule has 0 bridgehead atoms. The molecular formula is C21H21N3O7. The van der Waals surface area contributed by atoms with Gasteiger partial charge in [-0.15, -0.1) is 0 Å². The van der Waals surface area contributed by atoms with E-state index in [1.165, 1.54) is 18.2 Å². The maximum Gasteiger partial charge on any atom is 0.341 e. The molecule has 0 radical (unpaired) electrons. The number of aromatic amines is 1. The standard InChI is InChI=1S/C21H21N3O7/c1-24(10-19-22-14-4-2-3-5-15(14)23-19)9-16(25)13-6-7-17(30-11-20(26)27)18(8-13)31-12-21(28)29/h2-8H,9-12H2,1H3,(H,22,23)(H,26,27)(H,28,29). The van der Waals surface area contributed by atoms with Crippen molar-refractivity contribution >= 4 is 28.8 Å². The topological polar surface area (TPSA) is 142 Å². The lowest BCUT2D eigenvalue weighted by Crippen LogP contribution is -2.26. The van der Waals surface area contributed by atoms with Crippen LogP contribution in [-0.2, 0) is 16.1 Å². The van der Waals surface area contributed by atoms with Crippen molar-refractivity contribution < 1.29 is 34.1 Å². The fourth-order valence-corrected chi connectivity index (χ4v) is 2.92. The van der Waals surface area contributed by atoms with Gasteiger partial charge in [-0.2, -0.15) is 0 Å². The Labute approximate surface area is 177 Å².